The zero-order valence-corrected chi connectivity index (χ0v) is 17.2. The van der Waals surface area contributed by atoms with Crippen molar-refractivity contribution in [2.45, 2.75) is 31.9 Å². The maximum Gasteiger partial charge on any atom is 0.314 e. The Morgan fingerprint density at radius 2 is 1.83 bits per heavy atom. The molecule has 1 aliphatic rings. The highest BCUT2D eigenvalue weighted by molar-refractivity contribution is 7.98. The van der Waals surface area contributed by atoms with Gasteiger partial charge in [-0.15, -0.1) is 0 Å². The van der Waals surface area contributed by atoms with Gasteiger partial charge in [-0.1, -0.05) is 42.0 Å². The van der Waals surface area contributed by atoms with E-state index in [0.29, 0.717) is 12.4 Å². The van der Waals surface area contributed by atoms with Crippen LogP contribution in [0.5, 0.6) is 0 Å². The van der Waals surface area contributed by atoms with Gasteiger partial charge < -0.3 is 10.6 Å². The zero-order valence-electron chi connectivity index (χ0n) is 16.4. The molecule has 2 heterocycles. The van der Waals surface area contributed by atoms with Crippen LogP contribution < -0.4 is 10.6 Å². The number of anilines is 1. The number of nitrogens with one attached hydrogen (secondary N) is 2. The van der Waals surface area contributed by atoms with Crippen molar-refractivity contribution < 1.29 is 9.59 Å². The number of rotatable bonds is 4. The molecule has 6 nitrogen and oxygen atoms in total. The SMILES string of the molecule is Cc1ccc(CNC(=O)C(=O)Nc2c3c(nn2-c2cccc(C)c2)CSC3)cc1. The summed E-state index contributed by atoms with van der Waals surface area (Å²) in [5.41, 5.74) is 5.98. The summed E-state index contributed by atoms with van der Waals surface area (Å²) in [7, 11) is 0. The minimum Gasteiger partial charge on any atom is -0.344 e. The average molecular weight is 407 g/mol. The summed E-state index contributed by atoms with van der Waals surface area (Å²) in [6.07, 6.45) is 0. The van der Waals surface area contributed by atoms with E-state index in [4.69, 9.17) is 0 Å². The smallest absolute Gasteiger partial charge is 0.314 e. The summed E-state index contributed by atoms with van der Waals surface area (Å²) in [4.78, 5) is 24.9. The molecule has 2 N–H and O–H groups in total. The Balaban J connectivity index is 1.51. The van der Waals surface area contributed by atoms with Crippen molar-refractivity contribution in [1.29, 1.82) is 0 Å². The first-order valence-corrected chi connectivity index (χ1v) is 10.6. The standard InChI is InChI=1S/C22H22N4O2S/c1-14-6-8-16(9-7-14)11-23-21(27)22(28)24-20-18-12-29-13-19(18)25-26(20)17-5-3-4-15(2)10-17/h3-10H,11-13H2,1-2H3,(H,23,27)(H,24,28). The Hall–Kier alpha value is -3.06. The Bertz CT molecular complexity index is 1070. The molecule has 1 aromatic heterocycles. The van der Waals surface area contributed by atoms with Crippen molar-refractivity contribution in [2.24, 2.45) is 0 Å². The number of nitrogens with zero attached hydrogens (tertiary/aromatic N) is 2. The van der Waals surface area contributed by atoms with E-state index in [0.717, 1.165) is 45.1 Å². The highest BCUT2D eigenvalue weighted by Crippen LogP contribution is 2.36. The first-order chi connectivity index (χ1) is 14.0. The molecule has 0 spiro atoms. The zero-order chi connectivity index (χ0) is 20.4. The van der Waals surface area contributed by atoms with Crippen molar-refractivity contribution in [2.75, 3.05) is 5.32 Å². The molecule has 2 aromatic carbocycles. The molecule has 0 bridgehead atoms. The number of aromatic nitrogens is 2. The summed E-state index contributed by atoms with van der Waals surface area (Å²) in [6.45, 7) is 4.31. The number of hydrogen-bond acceptors (Lipinski definition) is 4. The van der Waals surface area contributed by atoms with Crippen molar-refractivity contribution in [3.8, 4) is 5.69 Å². The Kier molecular flexibility index (Phi) is 5.40. The minimum absolute atomic E-state index is 0.303. The minimum atomic E-state index is -0.689. The number of aryl methyl sites for hydroxylation is 2. The van der Waals surface area contributed by atoms with Crippen molar-refractivity contribution in [3.63, 3.8) is 0 Å². The second kappa shape index (κ2) is 8.13. The molecule has 0 aliphatic carbocycles. The molecule has 1 aliphatic heterocycles. The predicted octanol–water partition coefficient (Wildman–Crippen LogP) is 3.49. The van der Waals surface area contributed by atoms with Gasteiger partial charge >= 0.3 is 11.8 Å². The maximum atomic E-state index is 12.6. The Labute approximate surface area is 173 Å². The molecule has 29 heavy (non-hydrogen) atoms. The highest BCUT2D eigenvalue weighted by Gasteiger charge is 2.26. The third-order valence-electron chi connectivity index (χ3n) is 4.81. The van der Waals surface area contributed by atoms with Gasteiger partial charge in [0, 0.05) is 23.6 Å². The third-order valence-corrected chi connectivity index (χ3v) is 5.78. The fraction of sp³-hybridized carbons (Fsp3) is 0.227. The summed E-state index contributed by atoms with van der Waals surface area (Å²) < 4.78 is 1.72. The largest absolute Gasteiger partial charge is 0.344 e. The normalized spacial score (nSPS) is 12.5. The van der Waals surface area contributed by atoms with Crippen molar-refractivity contribution in [1.82, 2.24) is 15.1 Å². The second-order valence-electron chi connectivity index (χ2n) is 7.14. The quantitative estimate of drug-likeness (QED) is 0.651. The van der Waals surface area contributed by atoms with Crippen LogP contribution in [0.15, 0.2) is 48.5 Å². The summed E-state index contributed by atoms with van der Waals surface area (Å²) in [5, 5.41) is 10.1. The fourth-order valence-corrected chi connectivity index (χ4v) is 4.26. The van der Waals surface area contributed by atoms with Crippen molar-refractivity contribution >= 4 is 29.4 Å². The lowest BCUT2D eigenvalue weighted by Crippen LogP contribution is -2.35. The molecular formula is C22H22N4O2S. The van der Waals surface area contributed by atoms with E-state index >= 15 is 0 Å². The van der Waals surface area contributed by atoms with Crippen molar-refractivity contribution in [3.05, 3.63) is 76.5 Å². The number of thioether (sulfide) groups is 1. The Morgan fingerprint density at radius 1 is 1.03 bits per heavy atom. The molecule has 0 unspecified atom stereocenters. The van der Waals surface area contributed by atoms with E-state index in [-0.39, 0.29) is 0 Å². The molecule has 0 saturated carbocycles. The third kappa shape index (κ3) is 4.19. The molecule has 0 atom stereocenters. The molecule has 148 valence electrons. The molecule has 0 saturated heterocycles. The van der Waals surface area contributed by atoms with Gasteiger partial charge in [0.05, 0.1) is 11.4 Å². The van der Waals surface area contributed by atoms with Gasteiger partial charge in [-0.25, -0.2) is 4.68 Å². The van der Waals surface area contributed by atoms with Gasteiger partial charge in [-0.05, 0) is 37.1 Å². The van der Waals surface area contributed by atoms with Crippen LogP contribution in [-0.4, -0.2) is 21.6 Å². The van der Waals surface area contributed by atoms with Gasteiger partial charge in [0.25, 0.3) is 0 Å². The number of hydrogen-bond donors (Lipinski definition) is 2. The van der Waals surface area contributed by atoms with Gasteiger partial charge in [-0.3, -0.25) is 9.59 Å². The van der Waals surface area contributed by atoms with Gasteiger partial charge in [0.1, 0.15) is 5.82 Å². The van der Waals surface area contributed by atoms with Crippen LogP contribution in [0.2, 0.25) is 0 Å². The number of carbonyl (C=O) groups is 2. The van der Waals surface area contributed by atoms with E-state index in [9.17, 15) is 9.59 Å². The lowest BCUT2D eigenvalue weighted by Gasteiger charge is -2.12. The molecule has 2 amide bonds. The predicted molar refractivity (Wildman–Crippen MR) is 115 cm³/mol. The topological polar surface area (TPSA) is 76.0 Å². The average Bonchev–Trinajstić information content (AvgIpc) is 3.30. The summed E-state index contributed by atoms with van der Waals surface area (Å²) in [6, 6.07) is 15.7. The van der Waals surface area contributed by atoms with Crippen LogP contribution in [-0.2, 0) is 27.6 Å². The van der Waals surface area contributed by atoms with Gasteiger partial charge in [0.2, 0.25) is 0 Å². The first-order valence-electron chi connectivity index (χ1n) is 9.41. The fourth-order valence-electron chi connectivity index (χ4n) is 3.22. The number of benzene rings is 2. The van der Waals surface area contributed by atoms with E-state index in [2.05, 4.69) is 15.7 Å². The molecule has 7 heteroatoms. The highest BCUT2D eigenvalue weighted by atomic mass is 32.2. The van der Waals surface area contributed by atoms with Crippen LogP contribution in [0.25, 0.3) is 5.69 Å². The first kappa shape index (κ1) is 19.3. The van der Waals surface area contributed by atoms with Crippen LogP contribution in [0.1, 0.15) is 27.9 Å². The molecule has 0 fully saturated rings. The monoisotopic (exact) mass is 406 g/mol. The maximum absolute atomic E-state index is 12.6. The summed E-state index contributed by atoms with van der Waals surface area (Å²) >= 11 is 1.75. The number of amides is 2. The number of carbonyl (C=O) groups excluding carboxylic acids is 2. The second-order valence-corrected chi connectivity index (χ2v) is 8.13. The van der Waals surface area contributed by atoms with Crippen LogP contribution in [0.4, 0.5) is 5.82 Å². The molecular weight excluding hydrogens is 384 g/mol. The van der Waals surface area contributed by atoms with Gasteiger partial charge in [0.15, 0.2) is 0 Å². The molecule has 0 radical (unpaired) electrons. The van der Waals surface area contributed by atoms with E-state index in [1.54, 1.807) is 16.4 Å². The lowest BCUT2D eigenvalue weighted by atomic mass is 10.1. The number of fused-ring (bicyclic) bond motifs is 1. The Morgan fingerprint density at radius 3 is 2.59 bits per heavy atom. The van der Waals surface area contributed by atoms with Crippen LogP contribution in [0, 0.1) is 13.8 Å². The molecule has 4 rings (SSSR count). The van der Waals surface area contributed by atoms with E-state index < -0.39 is 11.8 Å². The van der Waals surface area contributed by atoms with Crippen LogP contribution >= 0.6 is 11.8 Å². The van der Waals surface area contributed by atoms with Gasteiger partial charge in [-0.2, -0.15) is 16.9 Å². The van der Waals surface area contributed by atoms with E-state index in [1.165, 1.54) is 0 Å². The lowest BCUT2D eigenvalue weighted by molar-refractivity contribution is -0.136. The molecule has 3 aromatic rings. The summed E-state index contributed by atoms with van der Waals surface area (Å²) in [5.74, 6) is 0.789. The van der Waals surface area contributed by atoms with Crippen LogP contribution in [0.3, 0.4) is 0 Å². The van der Waals surface area contributed by atoms with E-state index in [1.807, 2.05) is 62.4 Å².